The first kappa shape index (κ1) is 25.9. The van der Waals surface area contributed by atoms with Crippen molar-refractivity contribution in [2.75, 3.05) is 18.4 Å². The van der Waals surface area contributed by atoms with Crippen LogP contribution in [0.2, 0.25) is 0 Å². The van der Waals surface area contributed by atoms with E-state index in [0.717, 1.165) is 55.5 Å². The summed E-state index contributed by atoms with van der Waals surface area (Å²) < 4.78 is 2.04. The maximum atomic E-state index is 12.1. The Kier molecular flexibility index (Phi) is 12.0. The molecule has 1 amide bonds. The molecule has 8 nitrogen and oxygen atoms in total. The predicted octanol–water partition coefficient (Wildman–Crippen LogP) is 3.20. The number of anilines is 1. The van der Waals surface area contributed by atoms with Crippen molar-refractivity contribution < 1.29 is 4.79 Å². The van der Waals surface area contributed by atoms with E-state index in [-0.39, 0.29) is 35.8 Å². The summed E-state index contributed by atoms with van der Waals surface area (Å²) in [4.78, 5) is 16.8. The molecule has 1 aromatic carbocycles. The van der Waals surface area contributed by atoms with Crippen molar-refractivity contribution in [2.45, 2.75) is 53.6 Å². The minimum Gasteiger partial charge on any atom is -0.357 e. The van der Waals surface area contributed by atoms with Crippen molar-refractivity contribution in [3.05, 3.63) is 42.0 Å². The van der Waals surface area contributed by atoms with Crippen molar-refractivity contribution >= 4 is 41.5 Å². The van der Waals surface area contributed by atoms with Gasteiger partial charge in [0, 0.05) is 37.7 Å². The molecule has 0 aliphatic heterocycles. The van der Waals surface area contributed by atoms with Gasteiger partial charge in [0.25, 0.3) is 0 Å². The van der Waals surface area contributed by atoms with Crippen LogP contribution in [0, 0.1) is 5.92 Å². The van der Waals surface area contributed by atoms with Gasteiger partial charge in [0.15, 0.2) is 5.96 Å². The second-order valence-electron chi connectivity index (χ2n) is 6.91. The number of aromatic nitrogens is 3. The third kappa shape index (κ3) is 8.29. The molecule has 0 fully saturated rings. The summed E-state index contributed by atoms with van der Waals surface area (Å²) in [6.45, 7) is 10.9. The van der Waals surface area contributed by atoms with Crippen LogP contribution in [0.15, 0.2) is 35.6 Å². The lowest BCUT2D eigenvalue weighted by atomic mass is 10.1. The zero-order valence-electron chi connectivity index (χ0n) is 18.3. The van der Waals surface area contributed by atoms with Crippen molar-refractivity contribution in [2.24, 2.45) is 10.9 Å². The van der Waals surface area contributed by atoms with Crippen molar-refractivity contribution in [1.82, 2.24) is 25.4 Å². The van der Waals surface area contributed by atoms with Crippen LogP contribution in [0.5, 0.6) is 0 Å². The molecule has 30 heavy (non-hydrogen) atoms. The van der Waals surface area contributed by atoms with E-state index >= 15 is 0 Å². The molecule has 0 aliphatic carbocycles. The minimum absolute atomic E-state index is 0. The number of carbonyl (C=O) groups excluding carboxylic acids is 1. The van der Waals surface area contributed by atoms with Gasteiger partial charge in [0.2, 0.25) is 5.91 Å². The summed E-state index contributed by atoms with van der Waals surface area (Å²) >= 11 is 0. The molecular formula is C21H34IN7O. The average molecular weight is 527 g/mol. The molecular weight excluding hydrogens is 493 g/mol. The van der Waals surface area contributed by atoms with Crippen LogP contribution < -0.4 is 16.0 Å². The molecule has 0 saturated heterocycles. The van der Waals surface area contributed by atoms with Gasteiger partial charge in [-0.2, -0.15) is 0 Å². The Bertz CT molecular complexity index is 806. The van der Waals surface area contributed by atoms with E-state index in [1.54, 1.807) is 6.33 Å². The number of nitrogens with zero attached hydrogens (tertiary/aromatic N) is 4. The molecule has 0 spiro atoms. The lowest BCUT2D eigenvalue weighted by Gasteiger charge is -2.13. The number of guanidine groups is 1. The maximum Gasteiger partial charge on any atom is 0.227 e. The van der Waals surface area contributed by atoms with Crippen molar-refractivity contribution in [1.29, 1.82) is 0 Å². The number of aryl methyl sites for hydroxylation is 1. The molecule has 1 atom stereocenters. The first-order chi connectivity index (χ1) is 14.1. The van der Waals surface area contributed by atoms with Gasteiger partial charge in [-0.25, -0.2) is 4.99 Å². The Morgan fingerprint density at radius 2 is 2.03 bits per heavy atom. The molecule has 166 valence electrons. The normalized spacial score (nSPS) is 12.1. The molecule has 0 saturated carbocycles. The second kappa shape index (κ2) is 13.9. The van der Waals surface area contributed by atoms with Crippen LogP contribution in [-0.2, 0) is 24.3 Å². The second-order valence-corrected chi connectivity index (χ2v) is 6.91. The minimum atomic E-state index is 0. The highest BCUT2D eigenvalue weighted by Gasteiger charge is 2.10. The number of carbonyl (C=O) groups is 1. The Morgan fingerprint density at radius 3 is 2.73 bits per heavy atom. The van der Waals surface area contributed by atoms with Gasteiger partial charge in [0.05, 0.1) is 6.54 Å². The molecule has 1 aromatic heterocycles. The van der Waals surface area contributed by atoms with E-state index in [1.807, 2.05) is 49.6 Å². The molecule has 9 heteroatoms. The third-order valence-electron chi connectivity index (χ3n) is 4.68. The maximum absolute atomic E-state index is 12.1. The number of hydrogen-bond acceptors (Lipinski definition) is 4. The average Bonchev–Trinajstić information content (AvgIpc) is 3.19. The van der Waals surface area contributed by atoms with Crippen LogP contribution in [0.3, 0.4) is 0 Å². The molecule has 0 aliphatic rings. The monoisotopic (exact) mass is 527 g/mol. The summed E-state index contributed by atoms with van der Waals surface area (Å²) in [5.74, 6) is 1.78. The lowest BCUT2D eigenvalue weighted by Crippen LogP contribution is -2.38. The number of halogens is 1. The molecule has 2 aromatic rings. The molecule has 0 bridgehead atoms. The number of benzene rings is 1. The van der Waals surface area contributed by atoms with Crippen molar-refractivity contribution in [3.63, 3.8) is 0 Å². The van der Waals surface area contributed by atoms with E-state index in [9.17, 15) is 4.79 Å². The zero-order valence-corrected chi connectivity index (χ0v) is 20.6. The Morgan fingerprint density at radius 1 is 1.23 bits per heavy atom. The molecule has 2 rings (SSSR count). The number of amides is 1. The van der Waals surface area contributed by atoms with Crippen LogP contribution in [-0.4, -0.2) is 39.7 Å². The van der Waals surface area contributed by atoms with Gasteiger partial charge in [-0.15, -0.1) is 34.2 Å². The summed E-state index contributed by atoms with van der Waals surface area (Å²) in [6.07, 6.45) is 3.43. The van der Waals surface area contributed by atoms with E-state index in [4.69, 9.17) is 0 Å². The fourth-order valence-electron chi connectivity index (χ4n) is 2.74. The topological polar surface area (TPSA) is 96.2 Å². The largest absolute Gasteiger partial charge is 0.357 e. The zero-order chi connectivity index (χ0) is 21.1. The highest BCUT2D eigenvalue weighted by molar-refractivity contribution is 14.0. The lowest BCUT2D eigenvalue weighted by molar-refractivity contribution is -0.119. The standard InChI is InChI=1S/C21H33N7O.HI/c1-5-16(4)20(29)26-18-10-8-9-17(13-18)14-24-21(22-7-3)23-11-12-28-15-25-27-19(28)6-2;/h8-10,13,15-16H,5-7,11-12,14H2,1-4H3,(H,26,29)(H2,22,23,24);1H. The smallest absolute Gasteiger partial charge is 0.227 e. The highest BCUT2D eigenvalue weighted by atomic mass is 127. The van der Waals surface area contributed by atoms with E-state index in [0.29, 0.717) is 6.54 Å². The van der Waals surface area contributed by atoms with E-state index in [1.165, 1.54) is 0 Å². The van der Waals surface area contributed by atoms with E-state index < -0.39 is 0 Å². The fraction of sp³-hybridized carbons (Fsp3) is 0.524. The van der Waals surface area contributed by atoms with Crippen LogP contribution >= 0.6 is 24.0 Å². The first-order valence-electron chi connectivity index (χ1n) is 10.4. The summed E-state index contributed by atoms with van der Waals surface area (Å²) in [5.41, 5.74) is 1.84. The number of hydrogen-bond donors (Lipinski definition) is 3. The molecule has 3 N–H and O–H groups in total. The van der Waals surface area contributed by atoms with Gasteiger partial charge < -0.3 is 20.5 Å². The van der Waals surface area contributed by atoms with Gasteiger partial charge >= 0.3 is 0 Å². The Labute approximate surface area is 196 Å². The molecule has 0 radical (unpaired) electrons. The van der Waals surface area contributed by atoms with Crippen molar-refractivity contribution in [3.8, 4) is 0 Å². The predicted molar refractivity (Wildman–Crippen MR) is 132 cm³/mol. The van der Waals surface area contributed by atoms with Gasteiger partial charge in [-0.05, 0) is 31.0 Å². The molecule has 1 heterocycles. The number of nitrogens with one attached hydrogen (secondary N) is 3. The summed E-state index contributed by atoms with van der Waals surface area (Å²) in [6, 6.07) is 7.83. The van der Waals surface area contributed by atoms with Crippen LogP contribution in [0.25, 0.3) is 0 Å². The summed E-state index contributed by atoms with van der Waals surface area (Å²) in [5, 5.41) is 17.6. The quantitative estimate of drug-likeness (QED) is 0.251. The number of aliphatic imine (C=N–C) groups is 1. The summed E-state index contributed by atoms with van der Waals surface area (Å²) in [7, 11) is 0. The highest BCUT2D eigenvalue weighted by Crippen LogP contribution is 2.13. The Balaban J connectivity index is 0.00000450. The molecule has 1 unspecified atom stereocenters. The van der Waals surface area contributed by atoms with E-state index in [2.05, 4.69) is 38.1 Å². The number of rotatable bonds is 10. The van der Waals surface area contributed by atoms with Crippen LogP contribution in [0.1, 0.15) is 45.5 Å². The van der Waals surface area contributed by atoms with Crippen LogP contribution in [0.4, 0.5) is 5.69 Å². The first-order valence-corrected chi connectivity index (χ1v) is 10.4. The van der Waals surface area contributed by atoms with Gasteiger partial charge in [0.1, 0.15) is 12.2 Å². The van der Waals surface area contributed by atoms with Gasteiger partial charge in [-0.3, -0.25) is 4.79 Å². The van der Waals surface area contributed by atoms with Gasteiger partial charge in [-0.1, -0.05) is 32.9 Å². The Hall–Kier alpha value is -2.17. The fourth-order valence-corrected chi connectivity index (χ4v) is 2.74. The third-order valence-corrected chi connectivity index (χ3v) is 4.68. The SMILES string of the molecule is CCNC(=NCc1cccc(NC(=O)C(C)CC)c1)NCCn1cnnc1CC.I.